The highest BCUT2D eigenvalue weighted by Gasteiger charge is 2.31. The highest BCUT2D eigenvalue weighted by Crippen LogP contribution is 2.26. The number of amides is 1. The lowest BCUT2D eigenvalue weighted by Crippen LogP contribution is -2.50. The average molecular weight is 399 g/mol. The van der Waals surface area contributed by atoms with E-state index < -0.39 is 0 Å². The Morgan fingerprint density at radius 1 is 1.07 bits per heavy atom. The van der Waals surface area contributed by atoms with Crippen molar-refractivity contribution in [2.24, 2.45) is 5.92 Å². The fourth-order valence-corrected chi connectivity index (χ4v) is 4.43. The van der Waals surface area contributed by atoms with E-state index >= 15 is 0 Å². The molecule has 1 amide bonds. The second-order valence-corrected chi connectivity index (χ2v) is 7.96. The lowest BCUT2D eigenvalue weighted by Gasteiger charge is -2.37. The van der Waals surface area contributed by atoms with Crippen molar-refractivity contribution < 1.29 is 14.3 Å². The van der Waals surface area contributed by atoms with Crippen LogP contribution in [0.1, 0.15) is 23.5 Å². The number of hydrogen-bond acceptors (Lipinski definition) is 5. The minimum absolute atomic E-state index is 0.0906. The summed E-state index contributed by atoms with van der Waals surface area (Å²) in [5, 5.41) is 0. The number of imidazole rings is 1. The number of nitrogens with zero attached hydrogens (tertiary/aromatic N) is 4. The molecule has 0 aliphatic carbocycles. The first kappa shape index (κ1) is 19.8. The molecule has 0 N–H and O–H groups in total. The molecule has 7 heteroatoms. The largest absolute Gasteiger partial charge is 0.497 e. The molecule has 1 saturated heterocycles. The molecule has 3 heterocycles. The van der Waals surface area contributed by atoms with Crippen LogP contribution in [0.5, 0.6) is 11.5 Å². The number of benzene rings is 1. The van der Waals surface area contributed by atoms with Crippen LogP contribution in [0.3, 0.4) is 0 Å². The Labute approximate surface area is 172 Å². The van der Waals surface area contributed by atoms with Gasteiger partial charge in [-0.1, -0.05) is 0 Å². The first-order chi connectivity index (χ1) is 14.1. The molecule has 29 heavy (non-hydrogen) atoms. The number of fused-ring (bicyclic) bond motifs is 1. The number of piperazine rings is 1. The maximum Gasteiger partial charge on any atom is 0.226 e. The molecule has 2 aliphatic rings. The number of carbonyl (C=O) groups excluding carboxylic acids is 1. The van der Waals surface area contributed by atoms with Crippen LogP contribution >= 0.6 is 0 Å². The van der Waals surface area contributed by atoms with Crippen molar-refractivity contribution in [2.75, 3.05) is 40.4 Å². The summed E-state index contributed by atoms with van der Waals surface area (Å²) >= 11 is 0. The standard InChI is InChI=1S/C22H30N4O3/c1-16-23-14-19-12-18(4-5-26(16)19)22(27)25-8-6-24(7-9-25)15-17-10-20(28-2)13-21(11-17)29-3/h10-11,13-14,18H,4-9,12,15H2,1-3H3. The molecule has 156 valence electrons. The smallest absolute Gasteiger partial charge is 0.226 e. The highest BCUT2D eigenvalue weighted by molar-refractivity contribution is 5.79. The molecule has 1 unspecified atom stereocenters. The molecule has 2 aliphatic heterocycles. The number of hydrogen-bond donors (Lipinski definition) is 0. The summed E-state index contributed by atoms with van der Waals surface area (Å²) in [5.74, 6) is 3.05. The van der Waals surface area contributed by atoms with E-state index in [4.69, 9.17) is 9.47 Å². The average Bonchev–Trinajstić information content (AvgIpc) is 3.13. The van der Waals surface area contributed by atoms with Crippen LogP contribution in [0.15, 0.2) is 24.4 Å². The summed E-state index contributed by atoms with van der Waals surface area (Å²) in [7, 11) is 3.34. The lowest BCUT2D eigenvalue weighted by atomic mass is 9.94. The second kappa shape index (κ2) is 8.45. The summed E-state index contributed by atoms with van der Waals surface area (Å²) in [6.45, 7) is 7.10. The van der Waals surface area contributed by atoms with Crippen LogP contribution in [0.25, 0.3) is 0 Å². The summed E-state index contributed by atoms with van der Waals surface area (Å²) in [6, 6.07) is 5.98. The topological polar surface area (TPSA) is 59.8 Å². The Morgan fingerprint density at radius 3 is 2.41 bits per heavy atom. The van der Waals surface area contributed by atoms with Crippen LogP contribution in [0.4, 0.5) is 0 Å². The third kappa shape index (κ3) is 4.24. The number of rotatable bonds is 5. The number of carbonyl (C=O) groups is 1. The zero-order valence-electron chi connectivity index (χ0n) is 17.6. The first-order valence-electron chi connectivity index (χ1n) is 10.3. The molecule has 1 aromatic heterocycles. The van der Waals surface area contributed by atoms with Crippen LogP contribution < -0.4 is 9.47 Å². The van der Waals surface area contributed by atoms with Crippen molar-refractivity contribution in [3.8, 4) is 11.5 Å². The summed E-state index contributed by atoms with van der Waals surface area (Å²) in [5.41, 5.74) is 2.36. The van der Waals surface area contributed by atoms with Crippen LogP contribution in [-0.4, -0.2) is 65.7 Å². The van der Waals surface area contributed by atoms with Gasteiger partial charge in [-0.25, -0.2) is 4.98 Å². The molecule has 0 saturated carbocycles. The Bertz CT molecular complexity index is 849. The normalized spacial score (nSPS) is 19.7. The van der Waals surface area contributed by atoms with Gasteiger partial charge < -0.3 is 18.9 Å². The van der Waals surface area contributed by atoms with Crippen LogP contribution in [0.2, 0.25) is 0 Å². The van der Waals surface area contributed by atoms with Gasteiger partial charge in [0.05, 0.1) is 14.2 Å². The molecule has 0 radical (unpaired) electrons. The monoisotopic (exact) mass is 398 g/mol. The molecule has 1 atom stereocenters. The van der Waals surface area contributed by atoms with Crippen molar-refractivity contribution in [1.29, 1.82) is 0 Å². The minimum atomic E-state index is 0.0906. The fourth-order valence-electron chi connectivity index (χ4n) is 4.43. The number of aryl methyl sites for hydroxylation is 1. The summed E-state index contributed by atoms with van der Waals surface area (Å²) < 4.78 is 13.0. The van der Waals surface area contributed by atoms with Gasteiger partial charge in [0.25, 0.3) is 0 Å². The third-order valence-electron chi connectivity index (χ3n) is 6.15. The van der Waals surface area contributed by atoms with Crippen LogP contribution in [-0.2, 0) is 24.3 Å². The van der Waals surface area contributed by atoms with E-state index in [-0.39, 0.29) is 5.92 Å². The maximum atomic E-state index is 13.0. The van der Waals surface area contributed by atoms with Gasteiger partial charge in [-0.2, -0.15) is 0 Å². The van der Waals surface area contributed by atoms with E-state index in [1.54, 1.807) is 14.2 Å². The minimum Gasteiger partial charge on any atom is -0.497 e. The lowest BCUT2D eigenvalue weighted by molar-refractivity contribution is -0.138. The predicted octanol–water partition coefficient (Wildman–Crippen LogP) is 2.12. The van der Waals surface area contributed by atoms with Gasteiger partial charge >= 0.3 is 0 Å². The van der Waals surface area contributed by atoms with Gasteiger partial charge in [0.15, 0.2) is 0 Å². The molecule has 1 fully saturated rings. The number of ether oxygens (including phenoxy) is 2. The van der Waals surface area contributed by atoms with Crippen molar-refractivity contribution >= 4 is 5.91 Å². The molecule has 1 aromatic carbocycles. The van der Waals surface area contributed by atoms with Crippen molar-refractivity contribution in [2.45, 2.75) is 32.9 Å². The van der Waals surface area contributed by atoms with E-state index in [9.17, 15) is 4.79 Å². The maximum absolute atomic E-state index is 13.0. The van der Waals surface area contributed by atoms with E-state index in [0.29, 0.717) is 5.91 Å². The molecular weight excluding hydrogens is 368 g/mol. The zero-order chi connectivity index (χ0) is 20.4. The van der Waals surface area contributed by atoms with Gasteiger partial charge in [-0.05, 0) is 31.0 Å². The Balaban J connectivity index is 1.32. The van der Waals surface area contributed by atoms with E-state index in [0.717, 1.165) is 75.0 Å². The molecule has 0 bridgehead atoms. The molecule has 0 spiro atoms. The molecule has 2 aromatic rings. The van der Waals surface area contributed by atoms with E-state index in [1.807, 2.05) is 36.2 Å². The Kier molecular flexibility index (Phi) is 5.76. The van der Waals surface area contributed by atoms with Crippen molar-refractivity contribution in [3.63, 3.8) is 0 Å². The van der Waals surface area contributed by atoms with Crippen LogP contribution in [0, 0.1) is 12.8 Å². The van der Waals surface area contributed by atoms with Gasteiger partial charge in [0, 0.05) is 69.6 Å². The Morgan fingerprint density at radius 2 is 1.76 bits per heavy atom. The number of methoxy groups -OCH3 is 2. The van der Waals surface area contributed by atoms with E-state index in [1.165, 1.54) is 5.69 Å². The van der Waals surface area contributed by atoms with Crippen molar-refractivity contribution in [1.82, 2.24) is 19.4 Å². The van der Waals surface area contributed by atoms with Gasteiger partial charge in [-0.3, -0.25) is 9.69 Å². The Hall–Kier alpha value is -2.54. The molecule has 4 rings (SSSR count). The molecular formula is C22H30N4O3. The second-order valence-electron chi connectivity index (χ2n) is 7.96. The third-order valence-corrected chi connectivity index (χ3v) is 6.15. The van der Waals surface area contributed by atoms with Gasteiger partial charge in [-0.15, -0.1) is 0 Å². The zero-order valence-corrected chi connectivity index (χ0v) is 17.6. The predicted molar refractivity (Wildman–Crippen MR) is 110 cm³/mol. The highest BCUT2D eigenvalue weighted by atomic mass is 16.5. The van der Waals surface area contributed by atoms with E-state index in [2.05, 4.69) is 14.5 Å². The van der Waals surface area contributed by atoms with Gasteiger partial charge in [0.2, 0.25) is 5.91 Å². The fraction of sp³-hybridized carbons (Fsp3) is 0.545. The first-order valence-corrected chi connectivity index (χ1v) is 10.3. The molecule has 7 nitrogen and oxygen atoms in total. The summed E-state index contributed by atoms with van der Waals surface area (Å²) in [6.07, 6.45) is 3.64. The van der Waals surface area contributed by atoms with Crippen molar-refractivity contribution in [3.05, 3.63) is 41.5 Å². The SMILES string of the molecule is COc1cc(CN2CCN(C(=O)C3CCn4c(cnc4C)C3)CC2)cc(OC)c1. The van der Waals surface area contributed by atoms with Gasteiger partial charge in [0.1, 0.15) is 17.3 Å². The quantitative estimate of drug-likeness (QED) is 0.772. The summed E-state index contributed by atoms with van der Waals surface area (Å²) in [4.78, 5) is 21.9. The number of aromatic nitrogens is 2.